The Morgan fingerprint density at radius 2 is 1.67 bits per heavy atom. The largest absolute Gasteiger partial charge is 0.497 e. The van der Waals surface area contributed by atoms with E-state index in [-0.39, 0.29) is 11.5 Å². The van der Waals surface area contributed by atoms with Gasteiger partial charge in [-0.05, 0) is 48.5 Å². The van der Waals surface area contributed by atoms with E-state index in [1.54, 1.807) is 31.4 Å². The standard InChI is InChI=1S/C21H22N2O6S/c1-26-18-4-2-16(3-5-18)21-22-17(15-29-21)14-28-19-6-8-20(9-7-19)30(24,25)23-10-12-27-13-11-23/h2-9,15H,10-14H2,1H3. The van der Waals surface area contributed by atoms with Gasteiger partial charge in [-0.15, -0.1) is 0 Å². The van der Waals surface area contributed by atoms with E-state index in [0.29, 0.717) is 43.6 Å². The monoisotopic (exact) mass is 430 g/mol. The molecule has 2 heterocycles. The lowest BCUT2D eigenvalue weighted by Crippen LogP contribution is -2.40. The number of nitrogens with zero attached hydrogens (tertiary/aromatic N) is 2. The van der Waals surface area contributed by atoms with E-state index >= 15 is 0 Å². The molecule has 0 aliphatic carbocycles. The molecule has 1 aliphatic rings. The van der Waals surface area contributed by atoms with Gasteiger partial charge in [0.05, 0.1) is 25.2 Å². The van der Waals surface area contributed by atoms with Gasteiger partial charge >= 0.3 is 0 Å². The molecule has 8 nitrogen and oxygen atoms in total. The number of hydrogen-bond acceptors (Lipinski definition) is 7. The van der Waals surface area contributed by atoms with Crippen LogP contribution in [0.4, 0.5) is 0 Å². The van der Waals surface area contributed by atoms with Crippen molar-refractivity contribution < 1.29 is 27.0 Å². The Morgan fingerprint density at radius 1 is 1.00 bits per heavy atom. The van der Waals surface area contributed by atoms with Gasteiger partial charge in [0.25, 0.3) is 0 Å². The van der Waals surface area contributed by atoms with Gasteiger partial charge in [-0.2, -0.15) is 4.31 Å². The van der Waals surface area contributed by atoms with Crippen LogP contribution in [0.2, 0.25) is 0 Å². The van der Waals surface area contributed by atoms with Gasteiger partial charge in [-0.3, -0.25) is 0 Å². The maximum absolute atomic E-state index is 12.7. The first kappa shape index (κ1) is 20.4. The van der Waals surface area contributed by atoms with Crippen LogP contribution >= 0.6 is 0 Å². The topological polar surface area (TPSA) is 91.1 Å². The lowest BCUT2D eigenvalue weighted by Gasteiger charge is -2.26. The number of aromatic nitrogens is 1. The molecular weight excluding hydrogens is 408 g/mol. The van der Waals surface area contributed by atoms with E-state index in [9.17, 15) is 8.42 Å². The van der Waals surface area contributed by atoms with Gasteiger partial charge in [-0.25, -0.2) is 13.4 Å². The molecule has 0 bridgehead atoms. The fourth-order valence-electron chi connectivity index (χ4n) is 3.04. The number of benzene rings is 2. The average molecular weight is 430 g/mol. The quantitative estimate of drug-likeness (QED) is 0.569. The van der Waals surface area contributed by atoms with E-state index in [2.05, 4.69) is 4.98 Å². The van der Waals surface area contributed by atoms with Gasteiger partial charge in [0.2, 0.25) is 15.9 Å². The van der Waals surface area contributed by atoms with E-state index in [4.69, 9.17) is 18.6 Å². The molecule has 0 saturated carbocycles. The molecule has 158 valence electrons. The van der Waals surface area contributed by atoms with Crippen LogP contribution in [-0.4, -0.2) is 51.1 Å². The highest BCUT2D eigenvalue weighted by Gasteiger charge is 2.26. The molecule has 2 aromatic carbocycles. The SMILES string of the molecule is COc1ccc(-c2nc(COc3ccc(S(=O)(=O)N4CCOCC4)cc3)co2)cc1. The van der Waals surface area contributed by atoms with Crippen LogP contribution < -0.4 is 9.47 Å². The summed E-state index contributed by atoms with van der Waals surface area (Å²) in [6, 6.07) is 13.8. The van der Waals surface area contributed by atoms with Crippen molar-refractivity contribution in [2.45, 2.75) is 11.5 Å². The van der Waals surface area contributed by atoms with Gasteiger partial charge < -0.3 is 18.6 Å². The Bertz CT molecular complexity index is 1070. The van der Waals surface area contributed by atoms with Crippen molar-refractivity contribution in [2.24, 2.45) is 0 Å². The molecule has 9 heteroatoms. The van der Waals surface area contributed by atoms with Crippen LogP contribution in [0.3, 0.4) is 0 Å². The van der Waals surface area contributed by atoms with Crippen LogP contribution in [0.5, 0.6) is 11.5 Å². The summed E-state index contributed by atoms with van der Waals surface area (Å²) in [4.78, 5) is 4.66. The second-order valence-electron chi connectivity index (χ2n) is 6.65. The van der Waals surface area contributed by atoms with Crippen LogP contribution in [0.1, 0.15) is 5.69 Å². The fraction of sp³-hybridized carbons (Fsp3) is 0.286. The summed E-state index contributed by atoms with van der Waals surface area (Å²) in [5.41, 5.74) is 1.46. The highest BCUT2D eigenvalue weighted by Crippen LogP contribution is 2.23. The predicted molar refractivity (Wildman–Crippen MR) is 109 cm³/mol. The maximum atomic E-state index is 12.7. The van der Waals surface area contributed by atoms with E-state index < -0.39 is 10.0 Å². The summed E-state index contributed by atoms with van der Waals surface area (Å²) in [5, 5.41) is 0. The Hall–Kier alpha value is -2.88. The third-order valence-electron chi connectivity index (χ3n) is 4.71. The van der Waals surface area contributed by atoms with Crippen molar-refractivity contribution in [3.05, 3.63) is 60.5 Å². The molecule has 1 aliphatic heterocycles. The molecule has 1 aromatic heterocycles. The molecule has 0 amide bonds. The molecule has 0 spiro atoms. The number of rotatable bonds is 7. The second kappa shape index (κ2) is 8.86. The fourth-order valence-corrected chi connectivity index (χ4v) is 4.45. The van der Waals surface area contributed by atoms with Crippen molar-refractivity contribution in [3.8, 4) is 23.0 Å². The van der Waals surface area contributed by atoms with Gasteiger partial charge in [-0.1, -0.05) is 0 Å². The van der Waals surface area contributed by atoms with Crippen LogP contribution in [0, 0.1) is 0 Å². The number of ether oxygens (including phenoxy) is 3. The average Bonchev–Trinajstić information content (AvgIpc) is 3.28. The van der Waals surface area contributed by atoms with Gasteiger partial charge in [0.15, 0.2) is 0 Å². The molecule has 30 heavy (non-hydrogen) atoms. The van der Waals surface area contributed by atoms with Gasteiger partial charge in [0.1, 0.15) is 30.1 Å². The normalized spacial score (nSPS) is 15.1. The maximum Gasteiger partial charge on any atom is 0.243 e. The number of oxazole rings is 1. The Kier molecular flexibility index (Phi) is 6.03. The third kappa shape index (κ3) is 4.48. The highest BCUT2D eigenvalue weighted by atomic mass is 32.2. The summed E-state index contributed by atoms with van der Waals surface area (Å²) in [6.45, 7) is 1.76. The number of hydrogen-bond donors (Lipinski definition) is 0. The zero-order valence-electron chi connectivity index (χ0n) is 16.5. The summed E-state index contributed by atoms with van der Waals surface area (Å²) in [5.74, 6) is 1.79. The number of morpholine rings is 1. The highest BCUT2D eigenvalue weighted by molar-refractivity contribution is 7.89. The summed E-state index contributed by atoms with van der Waals surface area (Å²) in [7, 11) is -1.91. The van der Waals surface area contributed by atoms with Crippen LogP contribution in [-0.2, 0) is 21.4 Å². The molecule has 0 atom stereocenters. The van der Waals surface area contributed by atoms with Gasteiger partial charge in [0, 0.05) is 18.7 Å². The van der Waals surface area contributed by atoms with E-state index in [1.165, 1.54) is 10.6 Å². The summed E-state index contributed by atoms with van der Waals surface area (Å²) < 4.78 is 48.3. The Morgan fingerprint density at radius 3 is 2.33 bits per heavy atom. The third-order valence-corrected chi connectivity index (χ3v) is 6.62. The molecule has 3 aromatic rings. The smallest absolute Gasteiger partial charge is 0.243 e. The molecular formula is C21H22N2O6S. The molecule has 1 fully saturated rings. The first-order valence-electron chi connectivity index (χ1n) is 9.46. The zero-order valence-corrected chi connectivity index (χ0v) is 17.3. The minimum absolute atomic E-state index is 0.204. The Balaban J connectivity index is 1.38. The molecule has 0 radical (unpaired) electrons. The van der Waals surface area contributed by atoms with Crippen molar-refractivity contribution in [1.82, 2.24) is 9.29 Å². The molecule has 4 rings (SSSR count). The first-order valence-corrected chi connectivity index (χ1v) is 10.9. The Labute approximate surface area is 175 Å². The molecule has 1 saturated heterocycles. The molecule has 0 N–H and O–H groups in total. The van der Waals surface area contributed by atoms with Crippen LogP contribution in [0.15, 0.2) is 64.1 Å². The van der Waals surface area contributed by atoms with Crippen molar-refractivity contribution in [1.29, 1.82) is 0 Å². The van der Waals surface area contributed by atoms with E-state index in [1.807, 2.05) is 24.3 Å². The van der Waals surface area contributed by atoms with E-state index in [0.717, 1.165) is 11.3 Å². The van der Waals surface area contributed by atoms with Crippen LogP contribution in [0.25, 0.3) is 11.5 Å². The lowest BCUT2D eigenvalue weighted by atomic mass is 10.2. The minimum atomic E-state index is -3.52. The first-order chi connectivity index (χ1) is 14.6. The zero-order chi connectivity index (χ0) is 21.0. The predicted octanol–water partition coefficient (Wildman–Crippen LogP) is 2.95. The second-order valence-corrected chi connectivity index (χ2v) is 8.59. The number of sulfonamides is 1. The summed E-state index contributed by atoms with van der Waals surface area (Å²) >= 11 is 0. The van der Waals surface area contributed by atoms with Crippen molar-refractivity contribution in [3.63, 3.8) is 0 Å². The number of methoxy groups -OCH3 is 1. The molecule has 0 unspecified atom stereocenters. The summed E-state index contributed by atoms with van der Waals surface area (Å²) in [6.07, 6.45) is 1.54. The van der Waals surface area contributed by atoms with Crippen molar-refractivity contribution in [2.75, 3.05) is 33.4 Å². The minimum Gasteiger partial charge on any atom is -0.497 e. The lowest BCUT2D eigenvalue weighted by molar-refractivity contribution is 0.0730. The van der Waals surface area contributed by atoms with Crippen molar-refractivity contribution >= 4 is 10.0 Å².